The molecule has 0 unspecified atom stereocenters. The first-order valence-electron chi connectivity index (χ1n) is 4.34. The molecule has 0 heterocycles. The minimum atomic E-state index is 0.921. The van der Waals surface area contributed by atoms with Crippen molar-refractivity contribution < 1.29 is 0 Å². The van der Waals surface area contributed by atoms with Crippen LogP contribution >= 0.6 is 0 Å². The molecule has 0 aromatic heterocycles. The van der Waals surface area contributed by atoms with Gasteiger partial charge in [-0.3, -0.25) is 0 Å². The molecular weight excluding hydrogens is 144 g/mol. The monoisotopic (exact) mass is 162 g/mol. The topological polar surface area (TPSA) is 0 Å². The summed E-state index contributed by atoms with van der Waals surface area (Å²) in [7, 11) is 0. The van der Waals surface area contributed by atoms with Crippen LogP contribution in [0.2, 0.25) is 0 Å². The van der Waals surface area contributed by atoms with E-state index in [0.29, 0.717) is 0 Å². The highest BCUT2D eigenvalue weighted by atomic mass is 14.0. The first-order valence-corrected chi connectivity index (χ1v) is 4.34. The number of hydrogen-bond donors (Lipinski definition) is 0. The number of hydrogen-bond acceptors (Lipinski definition) is 0. The van der Waals surface area contributed by atoms with Gasteiger partial charge < -0.3 is 0 Å². The lowest BCUT2D eigenvalue weighted by atomic mass is 10.1. The lowest BCUT2D eigenvalue weighted by Gasteiger charge is -2.00. The normalized spacial score (nSPS) is 11.2. The molecule has 0 spiro atoms. The molecule has 0 aliphatic heterocycles. The highest BCUT2D eigenvalue weighted by molar-refractivity contribution is 5.23. The highest BCUT2D eigenvalue weighted by Gasteiger charge is 1.91. The lowest BCUT2D eigenvalue weighted by molar-refractivity contribution is 1.02. The van der Waals surface area contributed by atoms with E-state index in [0.717, 1.165) is 18.4 Å². The van der Waals surface area contributed by atoms with Gasteiger partial charge in [0.15, 0.2) is 0 Å². The molecule has 0 aromatic rings. The highest BCUT2D eigenvalue weighted by Crippen LogP contribution is 2.11. The van der Waals surface area contributed by atoms with Crippen LogP contribution in [0.25, 0.3) is 0 Å². The number of allylic oxidation sites excluding steroid dienone is 6. The summed E-state index contributed by atoms with van der Waals surface area (Å²) in [5.74, 6) is 0. The first-order chi connectivity index (χ1) is 5.70. The van der Waals surface area contributed by atoms with Gasteiger partial charge in [-0.1, -0.05) is 55.5 Å². The summed E-state index contributed by atoms with van der Waals surface area (Å²) >= 11 is 0. The Hall–Kier alpha value is -1.04. The minimum Gasteiger partial charge on any atom is -0.0995 e. The Kier molecular flexibility index (Phi) is 6.08. The zero-order valence-corrected chi connectivity index (χ0v) is 8.14. The minimum absolute atomic E-state index is 0.921. The van der Waals surface area contributed by atoms with Gasteiger partial charge in [0.1, 0.15) is 0 Å². The predicted molar refractivity (Wildman–Crippen MR) is 57.1 cm³/mol. The second kappa shape index (κ2) is 6.66. The summed E-state index contributed by atoms with van der Waals surface area (Å²) < 4.78 is 0. The molecule has 0 saturated carbocycles. The molecule has 66 valence electrons. The molecule has 0 N–H and O–H groups in total. The van der Waals surface area contributed by atoms with Gasteiger partial charge in [-0.05, 0) is 19.8 Å². The quantitative estimate of drug-likeness (QED) is 0.423. The molecule has 0 nitrogen and oxygen atoms in total. The summed E-state index contributed by atoms with van der Waals surface area (Å²) in [6.07, 6.45) is 9.99. The van der Waals surface area contributed by atoms with E-state index in [9.17, 15) is 0 Å². The van der Waals surface area contributed by atoms with Crippen LogP contribution in [0.3, 0.4) is 0 Å². The average molecular weight is 162 g/mol. The Morgan fingerprint density at radius 1 is 1.25 bits per heavy atom. The fourth-order valence-electron chi connectivity index (χ4n) is 0.808. The van der Waals surface area contributed by atoms with Gasteiger partial charge in [-0.15, -0.1) is 0 Å². The Bertz CT molecular complexity index is 204. The van der Waals surface area contributed by atoms with Crippen LogP contribution < -0.4 is 0 Å². The van der Waals surface area contributed by atoms with E-state index < -0.39 is 0 Å². The summed E-state index contributed by atoms with van der Waals surface area (Å²) in [5.41, 5.74) is 2.37. The zero-order chi connectivity index (χ0) is 9.40. The molecule has 0 radical (unpaired) electrons. The van der Waals surface area contributed by atoms with Crippen molar-refractivity contribution in [1.29, 1.82) is 0 Å². The van der Waals surface area contributed by atoms with Crippen molar-refractivity contribution in [2.75, 3.05) is 0 Å². The Morgan fingerprint density at radius 2 is 1.92 bits per heavy atom. The van der Waals surface area contributed by atoms with E-state index in [-0.39, 0.29) is 0 Å². The lowest BCUT2D eigenvalue weighted by Crippen LogP contribution is -1.80. The molecule has 0 rings (SSSR count). The van der Waals surface area contributed by atoms with Crippen LogP contribution in [0.15, 0.2) is 48.6 Å². The van der Waals surface area contributed by atoms with Crippen molar-refractivity contribution in [2.24, 2.45) is 0 Å². The fraction of sp³-hybridized carbons (Fsp3) is 0.333. The van der Waals surface area contributed by atoms with Crippen molar-refractivity contribution >= 4 is 0 Å². The Morgan fingerprint density at radius 3 is 2.42 bits per heavy atom. The van der Waals surface area contributed by atoms with Gasteiger partial charge in [0.2, 0.25) is 0 Å². The van der Waals surface area contributed by atoms with Crippen LogP contribution in [-0.2, 0) is 0 Å². The van der Waals surface area contributed by atoms with E-state index in [1.807, 2.05) is 31.2 Å². The van der Waals surface area contributed by atoms with Crippen LogP contribution in [0.1, 0.15) is 26.7 Å². The second-order valence-electron chi connectivity index (χ2n) is 2.82. The van der Waals surface area contributed by atoms with Gasteiger partial charge in [-0.2, -0.15) is 0 Å². The molecule has 0 fully saturated rings. The molecule has 0 atom stereocenters. The molecule has 0 bridgehead atoms. The molecular formula is C12H18. The van der Waals surface area contributed by atoms with E-state index in [4.69, 9.17) is 0 Å². The first kappa shape index (κ1) is 11.0. The van der Waals surface area contributed by atoms with Crippen molar-refractivity contribution in [3.8, 4) is 0 Å². The summed E-state index contributed by atoms with van der Waals surface area (Å²) in [6.45, 7) is 12.0. The van der Waals surface area contributed by atoms with Crippen molar-refractivity contribution in [3.63, 3.8) is 0 Å². The maximum absolute atomic E-state index is 3.93. The third kappa shape index (κ3) is 5.72. The van der Waals surface area contributed by atoms with Gasteiger partial charge in [0.25, 0.3) is 0 Å². The van der Waals surface area contributed by atoms with Crippen molar-refractivity contribution in [1.82, 2.24) is 0 Å². The Labute approximate surface area is 76.0 Å². The molecule has 0 aliphatic carbocycles. The van der Waals surface area contributed by atoms with Gasteiger partial charge >= 0.3 is 0 Å². The van der Waals surface area contributed by atoms with Gasteiger partial charge in [0, 0.05) is 0 Å². The molecule has 0 saturated heterocycles. The predicted octanol–water partition coefficient (Wildman–Crippen LogP) is 4.03. The van der Waals surface area contributed by atoms with E-state index in [1.165, 1.54) is 5.57 Å². The summed E-state index contributed by atoms with van der Waals surface area (Å²) in [6, 6.07) is 0. The van der Waals surface area contributed by atoms with E-state index >= 15 is 0 Å². The number of rotatable bonds is 5. The molecule has 0 aliphatic rings. The third-order valence-electron chi connectivity index (χ3n) is 1.61. The fourth-order valence-corrected chi connectivity index (χ4v) is 0.808. The van der Waals surface area contributed by atoms with Crippen LogP contribution in [0.5, 0.6) is 0 Å². The largest absolute Gasteiger partial charge is 0.0995 e. The van der Waals surface area contributed by atoms with E-state index in [1.54, 1.807) is 0 Å². The van der Waals surface area contributed by atoms with Gasteiger partial charge in [-0.25, -0.2) is 0 Å². The summed E-state index contributed by atoms with van der Waals surface area (Å²) in [4.78, 5) is 0. The average Bonchev–Trinajstić information content (AvgIpc) is 2.05. The molecule has 12 heavy (non-hydrogen) atoms. The van der Waals surface area contributed by atoms with Crippen molar-refractivity contribution in [2.45, 2.75) is 26.7 Å². The SMILES string of the molecule is C=C(/C=C\C=C/C)CC(=C)CC. The zero-order valence-electron chi connectivity index (χ0n) is 8.14. The smallest absolute Gasteiger partial charge is 0.00758 e. The van der Waals surface area contributed by atoms with Crippen LogP contribution in [-0.4, -0.2) is 0 Å². The van der Waals surface area contributed by atoms with E-state index in [2.05, 4.69) is 20.1 Å². The third-order valence-corrected chi connectivity index (χ3v) is 1.61. The molecule has 0 heteroatoms. The molecule has 0 amide bonds. The van der Waals surface area contributed by atoms with Crippen LogP contribution in [0, 0.1) is 0 Å². The second-order valence-corrected chi connectivity index (χ2v) is 2.82. The van der Waals surface area contributed by atoms with Crippen LogP contribution in [0.4, 0.5) is 0 Å². The maximum atomic E-state index is 3.93. The van der Waals surface area contributed by atoms with Gasteiger partial charge in [0.05, 0.1) is 0 Å². The maximum Gasteiger partial charge on any atom is -0.00758 e. The Balaban J connectivity index is 3.81. The standard InChI is InChI=1S/C12H18/c1-5-7-8-9-12(4)10-11(3)6-2/h5,7-9H,3-4,6,10H2,1-2H3/b7-5-,9-8-. The molecule has 0 aromatic carbocycles. The summed E-state index contributed by atoms with van der Waals surface area (Å²) in [5, 5.41) is 0. The van der Waals surface area contributed by atoms with Crippen molar-refractivity contribution in [3.05, 3.63) is 48.6 Å².